The van der Waals surface area contributed by atoms with E-state index in [1.807, 2.05) is 16.7 Å². The maximum Gasteiger partial charge on any atom is 0.236 e. The van der Waals surface area contributed by atoms with Gasteiger partial charge in [0, 0.05) is 12.2 Å². The highest BCUT2D eigenvalue weighted by Crippen LogP contribution is 2.39. The minimum absolute atomic E-state index is 0.136. The van der Waals surface area contributed by atoms with Crippen LogP contribution in [-0.4, -0.2) is 31.4 Å². The third-order valence-corrected chi connectivity index (χ3v) is 5.99. The van der Waals surface area contributed by atoms with E-state index in [1.54, 1.807) is 12.1 Å². The average Bonchev–Trinajstić information content (AvgIpc) is 3.48. The molecule has 0 spiro atoms. The first-order valence-electron chi connectivity index (χ1n) is 9.06. The number of thioether (sulfide) groups is 1. The first kappa shape index (κ1) is 21.2. The quantitative estimate of drug-likeness (QED) is 0.438. The van der Waals surface area contributed by atoms with Gasteiger partial charge in [-0.3, -0.25) is 9.36 Å². The Bertz CT molecular complexity index is 1070. The summed E-state index contributed by atoms with van der Waals surface area (Å²) in [5, 5.41) is 13.1. The molecule has 1 amide bonds. The number of carbonyl (C=O) groups is 1. The number of ether oxygens (including phenoxy) is 1. The molecule has 3 aromatic rings. The molecule has 1 N–H and O–H groups in total. The maximum atomic E-state index is 12.3. The Hall–Kier alpha value is -2.00. The lowest BCUT2D eigenvalue weighted by Crippen LogP contribution is -2.16. The van der Waals surface area contributed by atoms with Crippen molar-refractivity contribution < 1.29 is 9.53 Å². The number of aromatic nitrogens is 4. The molecule has 4 rings (SSSR count). The zero-order chi connectivity index (χ0) is 21.1. The topological polar surface area (TPSA) is 81.9 Å². The van der Waals surface area contributed by atoms with Crippen LogP contribution in [0.5, 0.6) is 5.75 Å². The summed E-state index contributed by atoms with van der Waals surface area (Å²) in [6, 6.07) is 9.11. The summed E-state index contributed by atoms with van der Waals surface area (Å²) in [7, 11) is 0. The van der Waals surface area contributed by atoms with E-state index in [-0.39, 0.29) is 29.1 Å². The van der Waals surface area contributed by atoms with Crippen molar-refractivity contribution in [2.24, 2.45) is 0 Å². The zero-order valence-electron chi connectivity index (χ0n) is 15.5. The molecule has 1 aromatic carbocycles. The molecular formula is C19H16Cl3N5O2S. The molecule has 0 bridgehead atoms. The third-order valence-electron chi connectivity index (χ3n) is 4.24. The largest absolute Gasteiger partial charge is 0.484 e. The Kier molecular flexibility index (Phi) is 6.67. The van der Waals surface area contributed by atoms with Gasteiger partial charge in [0.1, 0.15) is 12.4 Å². The van der Waals surface area contributed by atoms with Gasteiger partial charge in [0.2, 0.25) is 5.91 Å². The van der Waals surface area contributed by atoms with E-state index in [1.165, 1.54) is 24.0 Å². The van der Waals surface area contributed by atoms with Crippen molar-refractivity contribution in [3.8, 4) is 5.75 Å². The van der Waals surface area contributed by atoms with E-state index in [4.69, 9.17) is 39.5 Å². The molecule has 1 saturated carbocycles. The number of anilines is 1. The normalized spacial score (nSPS) is 13.3. The van der Waals surface area contributed by atoms with Crippen LogP contribution in [0, 0.1) is 0 Å². The second-order valence-corrected chi connectivity index (χ2v) is 8.73. The minimum Gasteiger partial charge on any atom is -0.484 e. The molecule has 1 aliphatic carbocycles. The molecule has 0 unspecified atom stereocenters. The van der Waals surface area contributed by atoms with Gasteiger partial charge in [-0.05, 0) is 31.0 Å². The number of rotatable bonds is 8. The van der Waals surface area contributed by atoms with Crippen molar-refractivity contribution in [1.82, 2.24) is 19.7 Å². The zero-order valence-corrected chi connectivity index (χ0v) is 18.6. The summed E-state index contributed by atoms with van der Waals surface area (Å²) < 4.78 is 7.83. The summed E-state index contributed by atoms with van der Waals surface area (Å²) in [5.41, 5.74) is 0. The standard InChI is InChI=1S/C19H16Cl3N5O2S/c20-11-7-14(22)18(23-8-11)24-17(28)10-30-19-26-25-16(27(19)12-5-6-12)9-29-15-4-2-1-3-13(15)21/h1-4,7-8,12H,5-6,9-10H2,(H,23,24,28). The lowest BCUT2D eigenvalue weighted by Gasteiger charge is -2.11. The van der Waals surface area contributed by atoms with Gasteiger partial charge >= 0.3 is 0 Å². The van der Waals surface area contributed by atoms with Gasteiger partial charge in [-0.25, -0.2) is 4.98 Å². The maximum absolute atomic E-state index is 12.3. The van der Waals surface area contributed by atoms with Gasteiger partial charge in [0.25, 0.3) is 0 Å². The number of carbonyl (C=O) groups excluding carboxylic acids is 1. The monoisotopic (exact) mass is 483 g/mol. The van der Waals surface area contributed by atoms with Gasteiger partial charge in [-0.1, -0.05) is 58.7 Å². The van der Waals surface area contributed by atoms with Gasteiger partial charge in [-0.2, -0.15) is 0 Å². The van der Waals surface area contributed by atoms with Gasteiger partial charge in [0.15, 0.2) is 16.8 Å². The van der Waals surface area contributed by atoms with Crippen LogP contribution in [0.3, 0.4) is 0 Å². The van der Waals surface area contributed by atoms with E-state index in [9.17, 15) is 4.79 Å². The SMILES string of the molecule is O=C(CSc1nnc(COc2ccccc2Cl)n1C1CC1)Nc1ncc(Cl)cc1Cl. The number of nitrogens with one attached hydrogen (secondary N) is 1. The van der Waals surface area contributed by atoms with Crippen molar-refractivity contribution in [3.05, 3.63) is 57.4 Å². The van der Waals surface area contributed by atoms with Crippen molar-refractivity contribution in [3.63, 3.8) is 0 Å². The third kappa shape index (κ3) is 5.18. The Labute approximate surface area is 192 Å². The first-order chi connectivity index (χ1) is 14.5. The van der Waals surface area contributed by atoms with E-state index in [2.05, 4.69) is 20.5 Å². The number of benzene rings is 1. The highest BCUT2D eigenvalue weighted by molar-refractivity contribution is 7.99. The smallest absolute Gasteiger partial charge is 0.236 e. The van der Waals surface area contributed by atoms with Crippen LogP contribution < -0.4 is 10.1 Å². The van der Waals surface area contributed by atoms with E-state index in [0.29, 0.717) is 32.8 Å². The first-order valence-corrected chi connectivity index (χ1v) is 11.2. The molecule has 30 heavy (non-hydrogen) atoms. The molecule has 0 radical (unpaired) electrons. The number of halogens is 3. The molecule has 1 aliphatic rings. The summed E-state index contributed by atoms with van der Waals surface area (Å²) in [6.45, 7) is 0.240. The number of amides is 1. The van der Waals surface area contributed by atoms with Crippen molar-refractivity contribution in [1.29, 1.82) is 0 Å². The number of hydrogen-bond acceptors (Lipinski definition) is 6. The Morgan fingerprint density at radius 1 is 1.20 bits per heavy atom. The molecule has 1 fully saturated rings. The van der Waals surface area contributed by atoms with E-state index >= 15 is 0 Å². The predicted molar refractivity (Wildman–Crippen MR) is 118 cm³/mol. The number of nitrogens with zero attached hydrogens (tertiary/aromatic N) is 4. The molecule has 0 saturated heterocycles. The van der Waals surface area contributed by atoms with Gasteiger partial charge in [-0.15, -0.1) is 10.2 Å². The van der Waals surface area contributed by atoms with Crippen LogP contribution in [0.25, 0.3) is 0 Å². The van der Waals surface area contributed by atoms with E-state index in [0.717, 1.165) is 12.8 Å². The average molecular weight is 485 g/mol. The number of para-hydroxylation sites is 1. The molecule has 7 nitrogen and oxygen atoms in total. The Balaban J connectivity index is 1.39. The van der Waals surface area contributed by atoms with Crippen LogP contribution in [0.2, 0.25) is 15.1 Å². The highest BCUT2D eigenvalue weighted by Gasteiger charge is 2.30. The minimum atomic E-state index is -0.254. The van der Waals surface area contributed by atoms with Crippen LogP contribution in [-0.2, 0) is 11.4 Å². The molecule has 2 aromatic heterocycles. The van der Waals surface area contributed by atoms with Crippen LogP contribution in [0.4, 0.5) is 5.82 Å². The number of pyridine rings is 1. The Morgan fingerprint density at radius 3 is 2.73 bits per heavy atom. The highest BCUT2D eigenvalue weighted by atomic mass is 35.5. The lowest BCUT2D eigenvalue weighted by atomic mass is 10.3. The number of hydrogen-bond donors (Lipinski definition) is 1. The molecule has 156 valence electrons. The van der Waals surface area contributed by atoms with Gasteiger partial charge in [0.05, 0.1) is 20.8 Å². The van der Waals surface area contributed by atoms with Gasteiger partial charge < -0.3 is 10.1 Å². The molecule has 0 aliphatic heterocycles. The van der Waals surface area contributed by atoms with E-state index < -0.39 is 0 Å². The molecular weight excluding hydrogens is 469 g/mol. The molecule has 2 heterocycles. The van der Waals surface area contributed by atoms with Crippen molar-refractivity contribution in [2.45, 2.75) is 30.6 Å². The fourth-order valence-corrected chi connectivity index (χ4v) is 4.15. The fraction of sp³-hybridized carbons (Fsp3) is 0.263. The second kappa shape index (κ2) is 9.43. The summed E-state index contributed by atoms with van der Waals surface area (Å²) in [4.78, 5) is 16.3. The lowest BCUT2D eigenvalue weighted by molar-refractivity contribution is -0.113. The van der Waals surface area contributed by atoms with Crippen LogP contribution in [0.1, 0.15) is 24.7 Å². The van der Waals surface area contributed by atoms with Crippen LogP contribution >= 0.6 is 46.6 Å². The fourth-order valence-electron chi connectivity index (χ4n) is 2.71. The van der Waals surface area contributed by atoms with Crippen LogP contribution in [0.15, 0.2) is 41.7 Å². The summed E-state index contributed by atoms with van der Waals surface area (Å²) in [5.74, 6) is 1.44. The van der Waals surface area contributed by atoms with Crippen molar-refractivity contribution in [2.75, 3.05) is 11.1 Å². The molecule has 0 atom stereocenters. The molecule has 11 heteroatoms. The van der Waals surface area contributed by atoms with Crippen molar-refractivity contribution >= 4 is 58.3 Å². The Morgan fingerprint density at radius 2 is 2.00 bits per heavy atom. The second-order valence-electron chi connectivity index (χ2n) is 6.54. The summed E-state index contributed by atoms with van der Waals surface area (Å²) in [6.07, 6.45) is 3.51. The predicted octanol–water partition coefficient (Wildman–Crippen LogP) is 5.28. The summed E-state index contributed by atoms with van der Waals surface area (Å²) >= 11 is 19.3.